The van der Waals surface area contributed by atoms with E-state index in [0.29, 0.717) is 33.3 Å². The molecule has 0 aliphatic carbocycles. The van der Waals surface area contributed by atoms with Crippen LogP contribution in [0.3, 0.4) is 0 Å². The van der Waals surface area contributed by atoms with Gasteiger partial charge in [-0.1, -0.05) is 18.2 Å². The van der Waals surface area contributed by atoms with E-state index >= 15 is 0 Å². The highest BCUT2D eigenvalue weighted by atomic mass is 32.1. The van der Waals surface area contributed by atoms with E-state index in [9.17, 15) is 19.7 Å². The number of carbonyl (C=O) groups is 2. The van der Waals surface area contributed by atoms with Crippen LogP contribution < -0.4 is 20.7 Å². The van der Waals surface area contributed by atoms with E-state index < -0.39 is 10.8 Å². The van der Waals surface area contributed by atoms with Crippen molar-refractivity contribution in [3.8, 4) is 17.1 Å². The second kappa shape index (κ2) is 10.8. The van der Waals surface area contributed by atoms with Gasteiger partial charge in [-0.2, -0.15) is 0 Å². The Kier molecular flexibility index (Phi) is 7.37. The first-order valence-corrected chi connectivity index (χ1v) is 11.6. The number of thiocarbonyl (C=S) groups is 1. The van der Waals surface area contributed by atoms with E-state index in [2.05, 4.69) is 16.0 Å². The monoisotopic (exact) mass is 522 g/mol. The molecule has 0 aliphatic heterocycles. The van der Waals surface area contributed by atoms with E-state index in [4.69, 9.17) is 21.4 Å². The Labute approximate surface area is 214 Å². The van der Waals surface area contributed by atoms with Gasteiger partial charge in [0.05, 0.1) is 22.6 Å². The minimum atomic E-state index is -0.601. The molecule has 0 unspecified atom stereocenters. The minimum Gasteiger partial charge on any atom is -0.494 e. The molecule has 0 bridgehead atoms. The van der Waals surface area contributed by atoms with Crippen LogP contribution in [0.15, 0.2) is 76.5 Å². The van der Waals surface area contributed by atoms with Gasteiger partial charge in [0.15, 0.2) is 10.9 Å². The third kappa shape index (κ3) is 5.74. The van der Waals surface area contributed by atoms with Crippen molar-refractivity contribution >= 4 is 57.5 Å². The Morgan fingerprint density at radius 1 is 1.03 bits per heavy atom. The lowest BCUT2D eigenvalue weighted by Gasteiger charge is -2.13. The highest BCUT2D eigenvalue weighted by molar-refractivity contribution is 7.80. The summed E-state index contributed by atoms with van der Waals surface area (Å²) in [6.45, 7) is 0. The molecule has 4 rings (SSSR count). The van der Waals surface area contributed by atoms with E-state index in [0.717, 1.165) is 0 Å². The van der Waals surface area contributed by atoms with Gasteiger partial charge in [0.1, 0.15) is 11.5 Å². The zero-order chi connectivity index (χ0) is 25.7. The fourth-order valence-electron chi connectivity index (χ4n) is 3.18. The highest BCUT2D eigenvalue weighted by Gasteiger charge is 2.16. The smallest absolute Gasteiger partial charge is 0.293 e. The number of anilines is 2. The summed E-state index contributed by atoms with van der Waals surface area (Å²) in [6, 6.07) is 17.3. The summed E-state index contributed by atoms with van der Waals surface area (Å²) in [7, 11) is 1.47. The predicted molar refractivity (Wildman–Crippen MR) is 140 cm³/mol. The molecule has 10 nitrogen and oxygen atoms in total. The van der Waals surface area contributed by atoms with Crippen LogP contribution in [0, 0.1) is 10.1 Å². The summed E-state index contributed by atoms with van der Waals surface area (Å²) in [5, 5.41) is 21.0. The zero-order valence-electron chi connectivity index (χ0n) is 18.6. The number of non-ortho nitro benzene ring substituents is 1. The van der Waals surface area contributed by atoms with Crippen molar-refractivity contribution in [2.24, 2.45) is 0 Å². The van der Waals surface area contributed by atoms with Gasteiger partial charge in [0.2, 0.25) is 0 Å². The van der Waals surface area contributed by atoms with Crippen molar-refractivity contribution in [1.29, 1.82) is 0 Å². The van der Waals surface area contributed by atoms with Crippen molar-refractivity contribution in [1.82, 2.24) is 5.32 Å². The first-order valence-electron chi connectivity index (χ1n) is 10.3. The number of carbonyl (C=O) groups excluding carboxylic acids is 2. The van der Waals surface area contributed by atoms with Crippen LogP contribution in [0.2, 0.25) is 0 Å². The van der Waals surface area contributed by atoms with E-state index in [1.165, 1.54) is 42.7 Å². The maximum absolute atomic E-state index is 12.6. The molecular weight excluding hydrogens is 504 g/mol. The van der Waals surface area contributed by atoms with Gasteiger partial charge >= 0.3 is 0 Å². The highest BCUT2D eigenvalue weighted by Crippen LogP contribution is 2.29. The maximum atomic E-state index is 12.6. The van der Waals surface area contributed by atoms with Crippen LogP contribution >= 0.6 is 23.6 Å². The third-order valence-corrected chi connectivity index (χ3v) is 5.92. The quantitative estimate of drug-likeness (QED) is 0.169. The van der Waals surface area contributed by atoms with Crippen molar-refractivity contribution in [3.63, 3.8) is 0 Å². The molecule has 0 radical (unpaired) electrons. The summed E-state index contributed by atoms with van der Waals surface area (Å²) in [5.41, 5.74) is 1.36. The number of amides is 2. The molecule has 0 spiro atoms. The third-order valence-electron chi connectivity index (χ3n) is 4.85. The van der Waals surface area contributed by atoms with Gasteiger partial charge in [0, 0.05) is 29.4 Å². The van der Waals surface area contributed by atoms with Crippen LogP contribution in [0.5, 0.6) is 5.75 Å². The van der Waals surface area contributed by atoms with Gasteiger partial charge in [-0.05, 0) is 47.9 Å². The second-order valence-electron chi connectivity index (χ2n) is 7.23. The predicted octanol–water partition coefficient (Wildman–Crippen LogP) is 5.30. The molecule has 3 N–H and O–H groups in total. The van der Waals surface area contributed by atoms with Crippen LogP contribution in [0.25, 0.3) is 11.3 Å². The lowest BCUT2D eigenvalue weighted by molar-refractivity contribution is -0.384. The second-order valence-corrected chi connectivity index (χ2v) is 8.58. The van der Waals surface area contributed by atoms with Gasteiger partial charge in [-0.15, -0.1) is 11.3 Å². The van der Waals surface area contributed by atoms with Gasteiger partial charge in [-0.3, -0.25) is 25.0 Å². The normalized spacial score (nSPS) is 10.4. The zero-order valence-corrected chi connectivity index (χ0v) is 20.3. The number of nitro benzene ring substituents is 1. The molecule has 12 heteroatoms. The number of nitro groups is 1. The average molecular weight is 523 g/mol. The number of nitrogens with zero attached hydrogens (tertiary/aromatic N) is 1. The molecule has 4 aromatic rings. The summed E-state index contributed by atoms with van der Waals surface area (Å²) >= 11 is 6.55. The van der Waals surface area contributed by atoms with E-state index in [1.807, 2.05) is 5.38 Å². The number of benzene rings is 2. The SMILES string of the molecule is COc1cc(NC(=S)NC(=O)c2ccc(-c3cccc([N+](=O)[O-])c3)o2)ccc1NC(=O)c1cccs1. The molecule has 0 saturated carbocycles. The summed E-state index contributed by atoms with van der Waals surface area (Å²) in [6.07, 6.45) is 0. The lowest BCUT2D eigenvalue weighted by Crippen LogP contribution is -2.33. The van der Waals surface area contributed by atoms with Crippen LogP contribution in [-0.4, -0.2) is 29.0 Å². The average Bonchev–Trinajstić information content (AvgIpc) is 3.58. The first-order chi connectivity index (χ1) is 17.3. The topological polar surface area (TPSA) is 136 Å². The molecule has 2 amide bonds. The Balaban J connectivity index is 1.39. The molecule has 0 saturated heterocycles. The number of ether oxygens (including phenoxy) is 1. The standard InChI is InChI=1S/C24H18N4O6S2/c1-33-20-13-15(7-8-17(20)26-23(30)21-6-3-11-36-21)25-24(35)27-22(29)19-10-9-18(34-19)14-4-2-5-16(12-14)28(31)32/h2-13H,1H3,(H,26,30)(H2,25,27,29,35). The first kappa shape index (κ1) is 24.6. The number of furan rings is 1. The van der Waals surface area contributed by atoms with E-state index in [-0.39, 0.29) is 22.5 Å². The van der Waals surface area contributed by atoms with Gasteiger partial charge in [-0.25, -0.2) is 0 Å². The van der Waals surface area contributed by atoms with Crippen molar-refractivity contribution in [2.75, 3.05) is 17.7 Å². The van der Waals surface area contributed by atoms with Crippen molar-refractivity contribution < 1.29 is 23.7 Å². The molecule has 0 fully saturated rings. The molecule has 36 heavy (non-hydrogen) atoms. The number of rotatable bonds is 7. The number of hydrogen-bond acceptors (Lipinski definition) is 8. The van der Waals surface area contributed by atoms with Crippen molar-refractivity contribution in [3.05, 3.63) is 92.9 Å². The molecule has 2 aromatic carbocycles. The Morgan fingerprint density at radius 3 is 2.58 bits per heavy atom. The van der Waals surface area contributed by atoms with Crippen molar-refractivity contribution in [2.45, 2.75) is 0 Å². The molecular formula is C24H18N4O6S2. The fourth-order valence-corrected chi connectivity index (χ4v) is 4.01. The number of nitrogens with one attached hydrogen (secondary N) is 3. The van der Waals surface area contributed by atoms with Gasteiger partial charge in [0.25, 0.3) is 17.5 Å². The fraction of sp³-hybridized carbons (Fsp3) is 0.0417. The molecule has 0 aliphatic rings. The van der Waals surface area contributed by atoms with E-state index in [1.54, 1.807) is 42.5 Å². The maximum Gasteiger partial charge on any atom is 0.293 e. The summed E-state index contributed by atoms with van der Waals surface area (Å²) in [4.78, 5) is 35.9. The summed E-state index contributed by atoms with van der Waals surface area (Å²) in [5.74, 6) is -0.185. The largest absolute Gasteiger partial charge is 0.494 e. The Morgan fingerprint density at radius 2 is 1.86 bits per heavy atom. The molecule has 2 heterocycles. The Hall–Kier alpha value is -4.55. The molecule has 2 aromatic heterocycles. The minimum absolute atomic E-state index is 0.00530. The van der Waals surface area contributed by atoms with Gasteiger partial charge < -0.3 is 19.8 Å². The van der Waals surface area contributed by atoms with Crippen LogP contribution in [-0.2, 0) is 0 Å². The van der Waals surface area contributed by atoms with Crippen LogP contribution in [0.4, 0.5) is 17.1 Å². The molecule has 182 valence electrons. The number of thiophene rings is 1. The number of hydrogen-bond donors (Lipinski definition) is 3. The Bertz CT molecular complexity index is 1450. The van der Waals surface area contributed by atoms with Crippen LogP contribution in [0.1, 0.15) is 20.2 Å². The lowest BCUT2D eigenvalue weighted by atomic mass is 10.1. The molecule has 0 atom stereocenters. The number of methoxy groups -OCH3 is 1. The summed E-state index contributed by atoms with van der Waals surface area (Å²) < 4.78 is 10.9.